The van der Waals surface area contributed by atoms with Crippen molar-refractivity contribution in [1.82, 2.24) is 9.97 Å². The van der Waals surface area contributed by atoms with Gasteiger partial charge in [0.05, 0.1) is 4.90 Å². The van der Waals surface area contributed by atoms with Crippen LogP contribution in [0.3, 0.4) is 0 Å². The number of aromatic nitrogens is 2. The van der Waals surface area contributed by atoms with Gasteiger partial charge in [-0.1, -0.05) is 6.07 Å². The summed E-state index contributed by atoms with van der Waals surface area (Å²) in [5.41, 5.74) is 1.14. The molecule has 0 aliphatic rings. The summed E-state index contributed by atoms with van der Waals surface area (Å²) in [7, 11) is -3.82. The maximum Gasteiger partial charge on any atom is 0.264 e. The van der Waals surface area contributed by atoms with E-state index in [2.05, 4.69) is 20.0 Å². The van der Waals surface area contributed by atoms with E-state index in [1.165, 1.54) is 47.9 Å². The van der Waals surface area contributed by atoms with Crippen LogP contribution in [0.5, 0.6) is 0 Å². The van der Waals surface area contributed by atoms with E-state index >= 15 is 0 Å². The highest BCUT2D eigenvalue weighted by molar-refractivity contribution is 7.92. The van der Waals surface area contributed by atoms with Crippen LogP contribution in [0.2, 0.25) is 0 Å². The fourth-order valence-electron chi connectivity index (χ4n) is 2.12. The molecule has 138 valence electrons. The van der Waals surface area contributed by atoms with Gasteiger partial charge in [0.2, 0.25) is 11.9 Å². The number of carbonyl (C=O) groups excluding carboxylic acids is 1. The minimum absolute atomic E-state index is 0.00564. The number of sulfonamides is 1. The van der Waals surface area contributed by atoms with Crippen LogP contribution in [-0.4, -0.2) is 24.3 Å². The second kappa shape index (κ2) is 8.11. The average molecular weight is 400 g/mol. The molecule has 0 saturated heterocycles. The zero-order valence-electron chi connectivity index (χ0n) is 14.3. The molecule has 2 aromatic heterocycles. The van der Waals surface area contributed by atoms with Crippen molar-refractivity contribution in [2.24, 2.45) is 0 Å². The molecule has 1 amide bonds. The number of anilines is 2. The minimum atomic E-state index is -3.82. The predicted octanol–water partition coefficient (Wildman–Crippen LogP) is 3.30. The van der Waals surface area contributed by atoms with Crippen LogP contribution in [0.1, 0.15) is 10.6 Å². The summed E-state index contributed by atoms with van der Waals surface area (Å²) in [6.45, 7) is 1.74. The second-order valence-electron chi connectivity index (χ2n) is 5.49. The van der Waals surface area contributed by atoms with Crippen molar-refractivity contribution in [2.45, 2.75) is 11.8 Å². The Labute approximate surface area is 160 Å². The highest BCUT2D eigenvalue weighted by Crippen LogP contribution is 2.17. The molecule has 7 nitrogen and oxygen atoms in total. The fraction of sp³-hybridized carbons (Fsp3) is 0.0556. The largest absolute Gasteiger partial charge is 0.323 e. The SMILES string of the molecule is Cc1ccnc(NS(=O)(=O)c2ccc(NC(=O)C=Cc3cccs3)cc2)n1. The van der Waals surface area contributed by atoms with Gasteiger partial charge < -0.3 is 5.32 Å². The zero-order valence-corrected chi connectivity index (χ0v) is 15.9. The van der Waals surface area contributed by atoms with Crippen molar-refractivity contribution in [3.05, 3.63) is 70.7 Å². The molecular weight excluding hydrogens is 384 g/mol. The summed E-state index contributed by atoms with van der Waals surface area (Å²) in [5.74, 6) is -0.295. The Hall–Kier alpha value is -3.04. The molecule has 3 aromatic rings. The summed E-state index contributed by atoms with van der Waals surface area (Å²) in [6, 6.07) is 11.3. The molecule has 27 heavy (non-hydrogen) atoms. The quantitative estimate of drug-likeness (QED) is 0.618. The van der Waals surface area contributed by atoms with Gasteiger partial charge in [0.15, 0.2) is 0 Å². The number of thiophene rings is 1. The first kappa shape index (κ1) is 18.7. The highest BCUT2D eigenvalue weighted by atomic mass is 32.2. The number of hydrogen-bond donors (Lipinski definition) is 2. The molecule has 9 heteroatoms. The molecule has 0 fully saturated rings. The molecule has 0 aliphatic heterocycles. The van der Waals surface area contributed by atoms with Gasteiger partial charge in [-0.25, -0.2) is 23.1 Å². The molecule has 0 spiro atoms. The first-order valence-corrected chi connectivity index (χ1v) is 10.2. The lowest BCUT2D eigenvalue weighted by Crippen LogP contribution is -2.15. The van der Waals surface area contributed by atoms with Gasteiger partial charge in [0.1, 0.15) is 0 Å². The molecular formula is C18H16N4O3S2. The van der Waals surface area contributed by atoms with Gasteiger partial charge in [-0.2, -0.15) is 0 Å². The van der Waals surface area contributed by atoms with Crippen LogP contribution < -0.4 is 10.0 Å². The Morgan fingerprint density at radius 3 is 2.59 bits per heavy atom. The van der Waals surface area contributed by atoms with Gasteiger partial charge in [-0.15, -0.1) is 11.3 Å². The van der Waals surface area contributed by atoms with Crippen molar-refractivity contribution in [3.63, 3.8) is 0 Å². The maximum atomic E-state index is 12.4. The van der Waals surface area contributed by atoms with Crippen molar-refractivity contribution >= 4 is 45.0 Å². The maximum absolute atomic E-state index is 12.4. The van der Waals surface area contributed by atoms with Crippen molar-refractivity contribution in [3.8, 4) is 0 Å². The van der Waals surface area contributed by atoms with E-state index in [1.807, 2.05) is 17.5 Å². The summed E-state index contributed by atoms with van der Waals surface area (Å²) in [4.78, 5) is 20.8. The van der Waals surface area contributed by atoms with Crippen molar-refractivity contribution < 1.29 is 13.2 Å². The molecule has 2 N–H and O–H groups in total. The summed E-state index contributed by atoms with van der Waals surface area (Å²) in [5, 5.41) is 4.60. The van der Waals surface area contributed by atoms with E-state index in [0.29, 0.717) is 11.4 Å². The van der Waals surface area contributed by atoms with Crippen molar-refractivity contribution in [1.29, 1.82) is 0 Å². The van der Waals surface area contributed by atoms with Crippen LogP contribution >= 0.6 is 11.3 Å². The van der Waals surface area contributed by atoms with Gasteiger partial charge in [-0.05, 0) is 54.8 Å². The van der Waals surface area contributed by atoms with Gasteiger partial charge in [0.25, 0.3) is 10.0 Å². The summed E-state index contributed by atoms with van der Waals surface area (Å²) < 4.78 is 27.1. The monoisotopic (exact) mass is 400 g/mol. The van der Waals surface area contributed by atoms with Crippen LogP contribution in [0, 0.1) is 6.92 Å². The molecule has 0 unspecified atom stereocenters. The number of hydrogen-bond acceptors (Lipinski definition) is 6. The number of aryl methyl sites for hydroxylation is 1. The van der Waals surface area contributed by atoms with E-state index in [-0.39, 0.29) is 16.8 Å². The Morgan fingerprint density at radius 1 is 1.15 bits per heavy atom. The molecule has 1 aromatic carbocycles. The molecule has 0 aliphatic carbocycles. The molecule has 0 radical (unpaired) electrons. The number of benzene rings is 1. The summed E-state index contributed by atoms with van der Waals surface area (Å²) in [6.07, 6.45) is 4.61. The second-order valence-corrected chi connectivity index (χ2v) is 8.15. The van der Waals surface area contributed by atoms with E-state index < -0.39 is 10.0 Å². The molecule has 3 rings (SSSR count). The smallest absolute Gasteiger partial charge is 0.264 e. The minimum Gasteiger partial charge on any atom is -0.323 e. The number of carbonyl (C=O) groups is 1. The third-order valence-corrected chi connectivity index (χ3v) is 5.58. The lowest BCUT2D eigenvalue weighted by Gasteiger charge is -2.08. The summed E-state index contributed by atoms with van der Waals surface area (Å²) >= 11 is 1.53. The van der Waals surface area contributed by atoms with Crippen molar-refractivity contribution in [2.75, 3.05) is 10.0 Å². The van der Waals surface area contributed by atoms with Gasteiger partial charge in [-0.3, -0.25) is 4.79 Å². The third kappa shape index (κ3) is 5.22. The standard InChI is InChI=1S/C18H16N4O3S2/c1-13-10-11-19-18(20-13)22-27(24,25)16-7-4-14(5-8-16)21-17(23)9-6-15-3-2-12-26-15/h2-12H,1H3,(H,21,23)(H,19,20,22). The van der Waals surface area contributed by atoms with Crippen LogP contribution in [0.25, 0.3) is 6.08 Å². The topological polar surface area (TPSA) is 101 Å². The van der Waals surface area contributed by atoms with E-state index in [0.717, 1.165) is 4.88 Å². The molecule has 0 atom stereocenters. The lowest BCUT2D eigenvalue weighted by atomic mass is 10.3. The average Bonchev–Trinajstić information content (AvgIpc) is 3.14. The van der Waals surface area contributed by atoms with Crippen LogP contribution in [0.15, 0.2) is 65.0 Å². The molecule has 2 heterocycles. The van der Waals surface area contributed by atoms with Gasteiger partial charge >= 0.3 is 0 Å². The van der Waals surface area contributed by atoms with Crippen LogP contribution in [0.4, 0.5) is 11.6 Å². The number of nitrogens with one attached hydrogen (secondary N) is 2. The number of amides is 1. The fourth-order valence-corrected chi connectivity index (χ4v) is 3.69. The highest BCUT2D eigenvalue weighted by Gasteiger charge is 2.15. The Bertz CT molecular complexity index is 1060. The van der Waals surface area contributed by atoms with Crippen LogP contribution in [-0.2, 0) is 14.8 Å². The first-order valence-electron chi connectivity index (χ1n) is 7.87. The number of rotatable bonds is 6. The lowest BCUT2D eigenvalue weighted by molar-refractivity contribution is -0.111. The van der Waals surface area contributed by atoms with Gasteiger partial charge in [0, 0.05) is 28.5 Å². The predicted molar refractivity (Wildman–Crippen MR) is 106 cm³/mol. The third-order valence-electron chi connectivity index (χ3n) is 3.39. The number of nitrogens with zero attached hydrogens (tertiary/aromatic N) is 2. The zero-order chi connectivity index (χ0) is 19.3. The molecule has 0 bridgehead atoms. The Morgan fingerprint density at radius 2 is 1.93 bits per heavy atom. The Balaban J connectivity index is 1.66. The normalized spacial score (nSPS) is 11.4. The van der Waals surface area contributed by atoms with E-state index in [1.54, 1.807) is 19.1 Å². The Kier molecular flexibility index (Phi) is 5.63. The van der Waals surface area contributed by atoms with E-state index in [4.69, 9.17) is 0 Å². The molecule has 0 saturated carbocycles. The van der Waals surface area contributed by atoms with E-state index in [9.17, 15) is 13.2 Å². The first-order chi connectivity index (χ1) is 12.9.